The molecule has 2 aliphatic rings. The smallest absolute Gasteiger partial charge is 0.492 e. The first kappa shape index (κ1) is 26.2. The minimum atomic E-state index is -4.67. The van der Waals surface area contributed by atoms with Crippen molar-refractivity contribution in [2.75, 3.05) is 32.8 Å². The maximum Gasteiger partial charge on any atom is 0.573 e. The summed E-state index contributed by atoms with van der Waals surface area (Å²) >= 11 is 0. The molecule has 7 nitrogen and oxygen atoms in total. The highest BCUT2D eigenvalue weighted by Gasteiger charge is 2.55. The van der Waals surface area contributed by atoms with Gasteiger partial charge in [-0.15, -0.1) is 13.2 Å². The van der Waals surface area contributed by atoms with Crippen LogP contribution in [0, 0.1) is 11.8 Å². The van der Waals surface area contributed by atoms with Crippen molar-refractivity contribution < 1.29 is 37.3 Å². The quantitative estimate of drug-likeness (QED) is 0.399. The Kier molecular flexibility index (Phi) is 8.38. The van der Waals surface area contributed by atoms with Gasteiger partial charge in [-0.2, -0.15) is 0 Å². The summed E-state index contributed by atoms with van der Waals surface area (Å²) in [6.45, 7) is 6.02. The molecule has 4 rings (SSSR count). The second-order valence-electron chi connectivity index (χ2n) is 9.17. The lowest BCUT2D eigenvalue weighted by molar-refractivity contribution is -0.274. The van der Waals surface area contributed by atoms with Gasteiger partial charge in [0.2, 0.25) is 0 Å². The van der Waals surface area contributed by atoms with Gasteiger partial charge in [0, 0.05) is 45.2 Å². The van der Waals surface area contributed by atoms with Crippen molar-refractivity contribution in [2.45, 2.75) is 38.4 Å². The van der Waals surface area contributed by atoms with Crippen LogP contribution in [0.3, 0.4) is 0 Å². The van der Waals surface area contributed by atoms with E-state index < -0.39 is 18.4 Å². The highest BCUT2D eigenvalue weighted by atomic mass is 19.4. The average molecular weight is 509 g/mol. The number of alkyl halides is 3. The summed E-state index contributed by atoms with van der Waals surface area (Å²) in [5.41, 5.74) is 1.84. The summed E-state index contributed by atoms with van der Waals surface area (Å²) in [7, 11) is 0. The Balaban J connectivity index is 1.11. The van der Waals surface area contributed by atoms with E-state index >= 15 is 0 Å². The Hall–Kier alpha value is -2.82. The summed E-state index contributed by atoms with van der Waals surface area (Å²) in [6.07, 6.45) is -5.21. The van der Waals surface area contributed by atoms with Gasteiger partial charge in [0.25, 0.3) is 0 Å². The number of halogens is 3. The third-order valence-corrected chi connectivity index (χ3v) is 6.57. The molecule has 2 aromatic rings. The van der Waals surface area contributed by atoms with Crippen LogP contribution < -0.4 is 14.8 Å². The van der Waals surface area contributed by atoms with Crippen molar-refractivity contribution in [3.8, 4) is 11.5 Å². The molecule has 1 heterocycles. The Labute approximate surface area is 208 Å². The van der Waals surface area contributed by atoms with Crippen LogP contribution in [0.5, 0.6) is 11.5 Å². The first-order chi connectivity index (χ1) is 17.2. The molecule has 0 amide bonds. The number of benzene rings is 2. The molecule has 2 fully saturated rings. The standard InChI is InChI=1S/C26H31F3N2O5/c1-2-34-23(25(32)33)13-17-3-7-19(8-4-17)35-12-11-30-24-21-15-31(16-22(21)24)14-18-5-9-20(10-6-18)36-26(27,28)29/h3-10,21-24,30H,2,11-16H2,1H3,(H,32,33)/t21-,22?,23-,24+/m0/s1. The summed E-state index contributed by atoms with van der Waals surface area (Å²) in [6, 6.07) is 13.9. The first-order valence-electron chi connectivity index (χ1n) is 12.1. The fraction of sp³-hybridized carbons (Fsp3) is 0.500. The third kappa shape index (κ3) is 7.35. The van der Waals surface area contributed by atoms with Crippen LogP contribution in [0.2, 0.25) is 0 Å². The predicted octanol–water partition coefficient (Wildman–Crippen LogP) is 3.72. The number of fused-ring (bicyclic) bond motifs is 1. The Morgan fingerprint density at radius 1 is 1.06 bits per heavy atom. The van der Waals surface area contributed by atoms with Crippen molar-refractivity contribution in [1.29, 1.82) is 0 Å². The number of hydrogen-bond acceptors (Lipinski definition) is 6. The number of carboxylic acid groups (broad SMARTS) is 1. The van der Waals surface area contributed by atoms with E-state index in [0.717, 1.165) is 36.5 Å². The molecule has 1 saturated carbocycles. The lowest BCUT2D eigenvalue weighted by Gasteiger charge is -2.20. The van der Waals surface area contributed by atoms with Gasteiger partial charge in [-0.25, -0.2) is 4.79 Å². The monoisotopic (exact) mass is 508 g/mol. The van der Waals surface area contributed by atoms with E-state index in [2.05, 4.69) is 15.0 Å². The summed E-state index contributed by atoms with van der Waals surface area (Å²) in [5, 5.41) is 12.7. The second kappa shape index (κ2) is 11.5. The van der Waals surface area contributed by atoms with Crippen molar-refractivity contribution in [1.82, 2.24) is 10.2 Å². The molecule has 0 bridgehead atoms. The molecule has 0 radical (unpaired) electrons. The largest absolute Gasteiger partial charge is 0.573 e. The minimum absolute atomic E-state index is 0.202. The maximum atomic E-state index is 12.3. The number of nitrogens with one attached hydrogen (secondary N) is 1. The molecular weight excluding hydrogens is 477 g/mol. The van der Waals surface area contributed by atoms with Crippen LogP contribution in [0.1, 0.15) is 18.1 Å². The van der Waals surface area contributed by atoms with Gasteiger partial charge in [0.1, 0.15) is 18.1 Å². The van der Waals surface area contributed by atoms with Crippen molar-refractivity contribution >= 4 is 5.97 Å². The van der Waals surface area contributed by atoms with E-state index in [1.807, 2.05) is 24.3 Å². The number of hydrogen-bond donors (Lipinski definition) is 2. The second-order valence-corrected chi connectivity index (χ2v) is 9.17. The third-order valence-electron chi connectivity index (χ3n) is 6.57. The molecule has 1 saturated heterocycles. The van der Waals surface area contributed by atoms with Gasteiger partial charge in [0.05, 0.1) is 0 Å². The lowest BCUT2D eigenvalue weighted by Crippen LogP contribution is -2.33. The molecule has 1 aliphatic carbocycles. The SMILES string of the molecule is CCO[C@@H](Cc1ccc(OCCN[C@H]2C3CN(Cc4ccc(OC(F)(F)F)cc4)C[C@@H]32)cc1)C(=O)O. The first-order valence-corrected chi connectivity index (χ1v) is 12.1. The molecule has 4 atom stereocenters. The highest BCUT2D eigenvalue weighted by molar-refractivity contribution is 5.72. The van der Waals surface area contributed by atoms with Crippen molar-refractivity contribution in [2.24, 2.45) is 11.8 Å². The van der Waals surface area contributed by atoms with Gasteiger partial charge >= 0.3 is 12.3 Å². The molecule has 36 heavy (non-hydrogen) atoms. The zero-order valence-corrected chi connectivity index (χ0v) is 20.0. The van der Waals surface area contributed by atoms with Crippen LogP contribution in [0.25, 0.3) is 0 Å². The van der Waals surface area contributed by atoms with E-state index in [9.17, 15) is 23.1 Å². The van der Waals surface area contributed by atoms with Gasteiger partial charge < -0.3 is 24.6 Å². The van der Waals surface area contributed by atoms with Gasteiger partial charge in [-0.1, -0.05) is 24.3 Å². The zero-order valence-electron chi connectivity index (χ0n) is 20.0. The molecule has 0 aromatic heterocycles. The van der Waals surface area contributed by atoms with Crippen LogP contribution >= 0.6 is 0 Å². The normalized spacial score (nSPS) is 22.2. The molecule has 2 aromatic carbocycles. The Morgan fingerprint density at radius 2 is 1.67 bits per heavy atom. The van der Waals surface area contributed by atoms with Crippen LogP contribution in [0.15, 0.2) is 48.5 Å². The molecule has 1 aliphatic heterocycles. The number of carbonyl (C=O) groups is 1. The number of likely N-dealkylation sites (tertiary alicyclic amines) is 1. The zero-order chi connectivity index (χ0) is 25.7. The minimum Gasteiger partial charge on any atom is -0.492 e. The Morgan fingerprint density at radius 3 is 2.25 bits per heavy atom. The molecule has 10 heteroatoms. The summed E-state index contributed by atoms with van der Waals surface area (Å²) < 4.78 is 51.8. The molecule has 1 unspecified atom stereocenters. The van der Waals surface area contributed by atoms with E-state index in [-0.39, 0.29) is 5.75 Å². The number of carboxylic acids is 1. The molecular formula is C26H31F3N2O5. The predicted molar refractivity (Wildman–Crippen MR) is 126 cm³/mol. The topological polar surface area (TPSA) is 80.3 Å². The lowest BCUT2D eigenvalue weighted by atomic mass is 10.1. The molecule has 0 spiro atoms. The maximum absolute atomic E-state index is 12.3. The summed E-state index contributed by atoms with van der Waals surface area (Å²) in [5.74, 6) is 0.739. The van der Waals surface area contributed by atoms with Crippen molar-refractivity contribution in [3.05, 3.63) is 59.7 Å². The van der Waals surface area contributed by atoms with E-state index in [1.54, 1.807) is 19.1 Å². The van der Waals surface area contributed by atoms with E-state index in [4.69, 9.17) is 9.47 Å². The number of aliphatic carboxylic acids is 1. The molecule has 196 valence electrons. The van der Waals surface area contributed by atoms with E-state index in [1.165, 1.54) is 12.1 Å². The average Bonchev–Trinajstić information content (AvgIpc) is 3.27. The molecule has 2 N–H and O–H groups in total. The van der Waals surface area contributed by atoms with Gasteiger partial charge in [0.15, 0.2) is 6.10 Å². The van der Waals surface area contributed by atoms with Crippen LogP contribution in [0.4, 0.5) is 13.2 Å². The number of rotatable bonds is 13. The highest BCUT2D eigenvalue weighted by Crippen LogP contribution is 2.45. The van der Waals surface area contributed by atoms with Crippen LogP contribution in [-0.4, -0.2) is 67.3 Å². The van der Waals surface area contributed by atoms with Crippen LogP contribution in [-0.2, 0) is 22.5 Å². The fourth-order valence-electron chi connectivity index (χ4n) is 4.85. The number of nitrogens with zero attached hydrogens (tertiary/aromatic N) is 1. The van der Waals surface area contributed by atoms with Crippen molar-refractivity contribution in [3.63, 3.8) is 0 Å². The van der Waals surface area contributed by atoms with Gasteiger partial charge in [-0.3, -0.25) is 4.90 Å². The number of ether oxygens (including phenoxy) is 3. The van der Waals surface area contributed by atoms with Gasteiger partial charge in [-0.05, 0) is 54.2 Å². The Bertz CT molecular complexity index is 988. The van der Waals surface area contributed by atoms with E-state index in [0.29, 0.717) is 44.1 Å². The summed E-state index contributed by atoms with van der Waals surface area (Å²) in [4.78, 5) is 13.5. The number of piperidine rings is 1. The fourth-order valence-corrected chi connectivity index (χ4v) is 4.85.